The van der Waals surface area contributed by atoms with Crippen LogP contribution in [-0.2, 0) is 11.3 Å². The number of nitrogens with two attached hydrogens (primary N) is 1. The number of hydrogen-bond acceptors (Lipinski definition) is 5. The fourth-order valence-corrected chi connectivity index (χ4v) is 1.41. The molecule has 0 aromatic carbocycles. The lowest BCUT2D eigenvalue weighted by Gasteiger charge is -2.14. The molecular weight excluding hydrogens is 234 g/mol. The number of aromatic nitrogens is 1. The van der Waals surface area contributed by atoms with Gasteiger partial charge in [-0.3, -0.25) is 4.98 Å². The molecular formula is C10H12F2N2O3. The van der Waals surface area contributed by atoms with Crippen LogP contribution in [0.1, 0.15) is 28.0 Å². The van der Waals surface area contributed by atoms with E-state index in [0.29, 0.717) is 0 Å². The molecule has 1 rings (SSSR count). The molecule has 0 saturated carbocycles. The maximum Gasteiger partial charge on any atom is 0.340 e. The lowest BCUT2D eigenvalue weighted by molar-refractivity contribution is 0.0587. The van der Waals surface area contributed by atoms with Crippen LogP contribution in [0.3, 0.4) is 0 Å². The number of esters is 1. The zero-order valence-corrected chi connectivity index (χ0v) is 9.37. The third-order valence-corrected chi connectivity index (χ3v) is 2.17. The van der Waals surface area contributed by atoms with Gasteiger partial charge in [-0.1, -0.05) is 0 Å². The molecule has 0 fully saturated rings. The van der Waals surface area contributed by atoms with E-state index in [1.54, 1.807) is 0 Å². The third kappa shape index (κ3) is 2.50. The third-order valence-electron chi connectivity index (χ3n) is 2.17. The highest BCUT2D eigenvalue weighted by molar-refractivity contribution is 5.91. The zero-order chi connectivity index (χ0) is 13.0. The predicted octanol–water partition coefficient (Wildman–Crippen LogP) is 1.27. The molecule has 1 heterocycles. The number of ether oxygens (including phenoxy) is 2. The molecule has 0 aliphatic carbocycles. The quantitative estimate of drug-likeness (QED) is 0.810. The molecule has 5 nitrogen and oxygen atoms in total. The molecule has 0 atom stereocenters. The first kappa shape index (κ1) is 13.3. The maximum absolute atomic E-state index is 12.9. The monoisotopic (exact) mass is 246 g/mol. The summed E-state index contributed by atoms with van der Waals surface area (Å²) in [5, 5.41) is 0. The highest BCUT2D eigenvalue weighted by Gasteiger charge is 2.26. The van der Waals surface area contributed by atoms with E-state index in [4.69, 9.17) is 10.5 Å². The van der Waals surface area contributed by atoms with E-state index in [1.165, 1.54) is 7.11 Å². The first-order chi connectivity index (χ1) is 8.06. The van der Waals surface area contributed by atoms with Crippen LogP contribution in [0.25, 0.3) is 0 Å². The van der Waals surface area contributed by atoms with Crippen molar-refractivity contribution >= 4 is 5.97 Å². The molecule has 17 heavy (non-hydrogen) atoms. The van der Waals surface area contributed by atoms with Crippen molar-refractivity contribution in [1.82, 2.24) is 4.98 Å². The zero-order valence-electron chi connectivity index (χ0n) is 9.37. The molecule has 0 bridgehead atoms. The van der Waals surface area contributed by atoms with Crippen molar-refractivity contribution in [3.8, 4) is 5.75 Å². The summed E-state index contributed by atoms with van der Waals surface area (Å²) in [4.78, 5) is 15.1. The fraction of sp³-hybridized carbons (Fsp3) is 0.400. The summed E-state index contributed by atoms with van der Waals surface area (Å²) in [7, 11) is 2.31. The molecule has 1 aromatic rings. The van der Waals surface area contributed by atoms with Crippen molar-refractivity contribution in [2.75, 3.05) is 14.2 Å². The van der Waals surface area contributed by atoms with Crippen LogP contribution in [-0.4, -0.2) is 25.2 Å². The lowest BCUT2D eigenvalue weighted by atomic mass is 10.1. The van der Waals surface area contributed by atoms with Gasteiger partial charge >= 0.3 is 5.97 Å². The standard InChI is InChI=1S/C10H12F2N2O3/c1-16-8-6(3-13)14-4-5(10(15)17-2)7(8)9(11)12/h4,9H,3,13H2,1-2H3. The number of hydrogen-bond donors (Lipinski definition) is 1. The number of alkyl halides is 2. The Morgan fingerprint density at radius 1 is 1.53 bits per heavy atom. The Hall–Kier alpha value is -1.76. The number of rotatable bonds is 4. The van der Waals surface area contributed by atoms with Gasteiger partial charge in [0.05, 0.1) is 31.0 Å². The summed E-state index contributed by atoms with van der Waals surface area (Å²) < 4.78 is 35.1. The van der Waals surface area contributed by atoms with Crippen LogP contribution < -0.4 is 10.5 Å². The Morgan fingerprint density at radius 2 is 2.18 bits per heavy atom. The van der Waals surface area contributed by atoms with Crippen LogP contribution in [0.4, 0.5) is 8.78 Å². The summed E-state index contributed by atoms with van der Waals surface area (Å²) in [6.07, 6.45) is -1.87. The van der Waals surface area contributed by atoms with Crippen LogP contribution >= 0.6 is 0 Å². The molecule has 0 saturated heterocycles. The highest BCUT2D eigenvalue weighted by atomic mass is 19.3. The second-order valence-electron chi connectivity index (χ2n) is 3.06. The van der Waals surface area contributed by atoms with E-state index < -0.39 is 18.0 Å². The summed E-state index contributed by atoms with van der Waals surface area (Å²) in [6, 6.07) is 0. The molecule has 2 N–H and O–H groups in total. The first-order valence-corrected chi connectivity index (χ1v) is 4.69. The molecule has 0 aliphatic rings. The van der Waals surface area contributed by atoms with Gasteiger partial charge in [-0.2, -0.15) is 0 Å². The minimum Gasteiger partial charge on any atom is -0.494 e. The number of pyridine rings is 1. The largest absolute Gasteiger partial charge is 0.494 e. The van der Waals surface area contributed by atoms with Crippen molar-refractivity contribution < 1.29 is 23.0 Å². The Labute approximate surface area is 96.5 Å². The summed E-state index contributed by atoms with van der Waals surface area (Å²) >= 11 is 0. The molecule has 0 radical (unpaired) electrons. The molecule has 0 unspecified atom stereocenters. The van der Waals surface area contributed by atoms with Gasteiger partial charge in [0.1, 0.15) is 0 Å². The molecule has 0 amide bonds. The summed E-state index contributed by atoms with van der Waals surface area (Å²) in [6.45, 7) is -0.0651. The van der Waals surface area contributed by atoms with E-state index in [-0.39, 0.29) is 23.6 Å². The maximum atomic E-state index is 12.9. The second kappa shape index (κ2) is 5.53. The van der Waals surface area contributed by atoms with Gasteiger partial charge < -0.3 is 15.2 Å². The van der Waals surface area contributed by atoms with E-state index in [0.717, 1.165) is 13.3 Å². The van der Waals surface area contributed by atoms with Gasteiger partial charge in [-0.25, -0.2) is 13.6 Å². The summed E-state index contributed by atoms with van der Waals surface area (Å²) in [5.74, 6) is -1.07. The normalized spacial score (nSPS) is 10.5. The van der Waals surface area contributed by atoms with Gasteiger partial charge in [0.25, 0.3) is 6.43 Å². The minimum atomic E-state index is -2.88. The van der Waals surface area contributed by atoms with Gasteiger partial charge in [-0.15, -0.1) is 0 Å². The highest BCUT2D eigenvalue weighted by Crippen LogP contribution is 2.34. The first-order valence-electron chi connectivity index (χ1n) is 4.69. The average molecular weight is 246 g/mol. The van der Waals surface area contributed by atoms with E-state index in [2.05, 4.69) is 9.72 Å². The summed E-state index contributed by atoms with van der Waals surface area (Å²) in [5.41, 5.74) is 4.64. The van der Waals surface area contributed by atoms with Crippen molar-refractivity contribution in [1.29, 1.82) is 0 Å². The number of methoxy groups -OCH3 is 2. The minimum absolute atomic E-state index is 0.0651. The van der Waals surface area contributed by atoms with Crippen LogP contribution in [0, 0.1) is 0 Å². The van der Waals surface area contributed by atoms with Gasteiger partial charge in [0.2, 0.25) is 0 Å². The second-order valence-corrected chi connectivity index (χ2v) is 3.06. The van der Waals surface area contributed by atoms with Crippen LogP contribution in [0.15, 0.2) is 6.20 Å². The molecule has 0 spiro atoms. The fourth-order valence-electron chi connectivity index (χ4n) is 1.41. The number of halogens is 2. The Morgan fingerprint density at radius 3 is 2.59 bits per heavy atom. The lowest BCUT2D eigenvalue weighted by Crippen LogP contribution is -2.12. The topological polar surface area (TPSA) is 74.4 Å². The molecule has 0 aliphatic heterocycles. The van der Waals surface area contributed by atoms with Gasteiger partial charge in [0, 0.05) is 12.7 Å². The van der Waals surface area contributed by atoms with E-state index in [9.17, 15) is 13.6 Å². The Kier molecular flexibility index (Phi) is 4.33. The van der Waals surface area contributed by atoms with Crippen LogP contribution in [0.5, 0.6) is 5.75 Å². The molecule has 7 heteroatoms. The average Bonchev–Trinajstić information content (AvgIpc) is 2.35. The molecule has 94 valence electrons. The van der Waals surface area contributed by atoms with Gasteiger partial charge in [0.15, 0.2) is 5.75 Å². The van der Waals surface area contributed by atoms with Crippen molar-refractivity contribution in [2.45, 2.75) is 13.0 Å². The smallest absolute Gasteiger partial charge is 0.340 e. The Balaban J connectivity index is 3.47. The van der Waals surface area contributed by atoms with Crippen molar-refractivity contribution in [3.05, 3.63) is 23.0 Å². The van der Waals surface area contributed by atoms with Crippen molar-refractivity contribution in [3.63, 3.8) is 0 Å². The van der Waals surface area contributed by atoms with Crippen molar-refractivity contribution in [2.24, 2.45) is 5.73 Å². The molecule has 1 aromatic heterocycles. The SMILES string of the molecule is COC(=O)c1cnc(CN)c(OC)c1C(F)F. The number of carbonyl (C=O) groups excluding carboxylic acids is 1. The van der Waals surface area contributed by atoms with E-state index >= 15 is 0 Å². The van der Waals surface area contributed by atoms with Crippen LogP contribution in [0.2, 0.25) is 0 Å². The van der Waals surface area contributed by atoms with E-state index in [1.807, 2.05) is 0 Å². The predicted molar refractivity (Wildman–Crippen MR) is 55.0 cm³/mol. The number of carbonyl (C=O) groups is 1. The number of nitrogens with zero attached hydrogens (tertiary/aromatic N) is 1. The van der Waals surface area contributed by atoms with Gasteiger partial charge in [-0.05, 0) is 0 Å². The Bertz CT molecular complexity index is 424.